The number of carbonyl (C=O) groups is 2. The van der Waals surface area contributed by atoms with Crippen LogP contribution in [0.25, 0.3) is 0 Å². The fourth-order valence-electron chi connectivity index (χ4n) is 5.79. The van der Waals surface area contributed by atoms with Crippen molar-refractivity contribution in [2.24, 2.45) is 0 Å². The number of aromatic nitrogens is 1. The lowest BCUT2D eigenvalue weighted by Gasteiger charge is -2.40. The number of anilines is 1. The molecule has 5 rings (SSSR count). The summed E-state index contributed by atoms with van der Waals surface area (Å²) in [6.45, 7) is 3.89. The lowest BCUT2D eigenvalue weighted by molar-refractivity contribution is 0.0922. The molecule has 192 valence electrons. The van der Waals surface area contributed by atoms with Gasteiger partial charge in [-0.2, -0.15) is 0 Å². The molecule has 3 heterocycles. The lowest BCUT2D eigenvalue weighted by Crippen LogP contribution is -2.50. The minimum absolute atomic E-state index is 0.0486. The van der Waals surface area contributed by atoms with Gasteiger partial charge >= 0.3 is 0 Å². The Hall–Kier alpha value is -3.87. The zero-order valence-corrected chi connectivity index (χ0v) is 21.6. The van der Waals surface area contributed by atoms with Crippen LogP contribution in [0.4, 0.5) is 5.82 Å². The first kappa shape index (κ1) is 24.8. The molecule has 1 aromatic heterocycles. The van der Waals surface area contributed by atoms with Gasteiger partial charge in [0.25, 0.3) is 11.8 Å². The summed E-state index contributed by atoms with van der Waals surface area (Å²) >= 11 is 0. The summed E-state index contributed by atoms with van der Waals surface area (Å²) in [6.07, 6.45) is 5.58. The number of pyridine rings is 1. The molecule has 0 radical (unpaired) electrons. The molecule has 7 heteroatoms. The average molecular weight is 499 g/mol. The average Bonchev–Trinajstić information content (AvgIpc) is 3.19. The van der Waals surface area contributed by atoms with Gasteiger partial charge in [-0.25, -0.2) is 4.98 Å². The number of fused-ring (bicyclic) bond motifs is 2. The van der Waals surface area contributed by atoms with Crippen molar-refractivity contribution in [1.29, 1.82) is 0 Å². The molecule has 2 N–H and O–H groups in total. The number of rotatable bonds is 7. The van der Waals surface area contributed by atoms with Crippen LogP contribution in [0.5, 0.6) is 5.75 Å². The van der Waals surface area contributed by atoms with Gasteiger partial charge in [0.2, 0.25) is 0 Å². The van der Waals surface area contributed by atoms with Crippen molar-refractivity contribution in [3.05, 3.63) is 89.1 Å². The van der Waals surface area contributed by atoms with Crippen LogP contribution in [-0.4, -0.2) is 42.0 Å². The second-order valence-corrected chi connectivity index (χ2v) is 10.1. The Morgan fingerprint density at radius 2 is 1.70 bits per heavy atom. The minimum Gasteiger partial charge on any atom is -0.496 e. The molecule has 2 aromatic carbocycles. The monoisotopic (exact) mass is 498 g/mol. The van der Waals surface area contributed by atoms with E-state index in [0.717, 1.165) is 48.4 Å². The lowest BCUT2D eigenvalue weighted by atomic mass is 9.96. The molecule has 4 atom stereocenters. The van der Waals surface area contributed by atoms with Crippen molar-refractivity contribution in [3.8, 4) is 5.75 Å². The maximum atomic E-state index is 13.0. The van der Waals surface area contributed by atoms with Crippen LogP contribution in [0.2, 0.25) is 0 Å². The van der Waals surface area contributed by atoms with Crippen LogP contribution in [0, 0.1) is 6.92 Å². The largest absolute Gasteiger partial charge is 0.496 e. The van der Waals surface area contributed by atoms with E-state index in [0.29, 0.717) is 23.2 Å². The van der Waals surface area contributed by atoms with E-state index in [9.17, 15) is 9.59 Å². The van der Waals surface area contributed by atoms with Crippen molar-refractivity contribution in [2.45, 2.75) is 63.7 Å². The highest BCUT2D eigenvalue weighted by molar-refractivity contribution is 5.96. The quantitative estimate of drug-likeness (QED) is 0.488. The van der Waals surface area contributed by atoms with Crippen LogP contribution >= 0.6 is 0 Å². The Balaban J connectivity index is 1.21. The third-order valence-electron chi connectivity index (χ3n) is 7.74. The number of methoxy groups -OCH3 is 1. The molecule has 7 nitrogen and oxygen atoms in total. The predicted octanol–water partition coefficient (Wildman–Crippen LogP) is 4.82. The maximum absolute atomic E-state index is 13.0. The number of piperidine rings is 1. The molecule has 0 aliphatic carbocycles. The first-order valence-corrected chi connectivity index (χ1v) is 13.0. The number of amides is 2. The zero-order valence-electron chi connectivity index (χ0n) is 21.6. The van der Waals surface area contributed by atoms with Crippen LogP contribution in [0.3, 0.4) is 0 Å². The Morgan fingerprint density at radius 3 is 2.35 bits per heavy atom. The second-order valence-electron chi connectivity index (χ2n) is 10.1. The van der Waals surface area contributed by atoms with E-state index >= 15 is 0 Å². The van der Waals surface area contributed by atoms with Gasteiger partial charge in [-0.15, -0.1) is 0 Å². The van der Waals surface area contributed by atoms with E-state index in [-0.39, 0.29) is 23.9 Å². The molecule has 3 aromatic rings. The molecule has 2 saturated heterocycles. The van der Waals surface area contributed by atoms with Gasteiger partial charge in [-0.05, 0) is 69.4 Å². The smallest absolute Gasteiger partial charge is 0.253 e. The SMILES string of the molecule is COc1cccc(C(=O)NC2C[C@H]3CC[C@@H](C2)N3c2ccc(C(=O)NC(C)c3ccccc3)cn2)c1C. The number of nitrogens with one attached hydrogen (secondary N) is 2. The highest BCUT2D eigenvalue weighted by Crippen LogP contribution is 2.38. The number of ether oxygens (including phenoxy) is 1. The Bertz CT molecular complexity index is 1250. The number of hydrogen-bond acceptors (Lipinski definition) is 5. The van der Waals surface area contributed by atoms with E-state index in [1.807, 2.05) is 74.5 Å². The van der Waals surface area contributed by atoms with E-state index in [2.05, 4.69) is 20.5 Å². The van der Waals surface area contributed by atoms with E-state index in [1.54, 1.807) is 13.3 Å². The molecule has 2 aliphatic heterocycles. The first-order chi connectivity index (χ1) is 17.9. The molecule has 37 heavy (non-hydrogen) atoms. The minimum atomic E-state index is -0.132. The number of nitrogens with zero attached hydrogens (tertiary/aromatic N) is 2. The van der Waals surface area contributed by atoms with Crippen molar-refractivity contribution >= 4 is 17.6 Å². The van der Waals surface area contributed by atoms with Crippen LogP contribution in [0.1, 0.15) is 70.5 Å². The molecule has 0 spiro atoms. The summed E-state index contributed by atoms with van der Waals surface area (Å²) in [5, 5.41) is 6.31. The highest BCUT2D eigenvalue weighted by atomic mass is 16.5. The van der Waals surface area contributed by atoms with Crippen molar-refractivity contribution in [2.75, 3.05) is 12.0 Å². The normalized spacial score (nSPS) is 21.3. The van der Waals surface area contributed by atoms with Crippen molar-refractivity contribution in [3.63, 3.8) is 0 Å². The standard InChI is InChI=1S/C30H34N4O3/c1-19-26(10-7-11-27(19)37-3)30(36)33-23-16-24-13-14-25(17-23)34(24)28-15-12-22(18-31-28)29(35)32-20(2)21-8-5-4-6-9-21/h4-12,15,18,20,23-25H,13-14,16-17H2,1-3H3,(H,32,35)(H,33,36)/t20?,23?,24-,25+. The predicted molar refractivity (Wildman–Crippen MR) is 144 cm³/mol. The second kappa shape index (κ2) is 10.6. The Kier molecular flexibility index (Phi) is 7.12. The third-order valence-corrected chi connectivity index (χ3v) is 7.74. The van der Waals surface area contributed by atoms with Gasteiger partial charge in [-0.3, -0.25) is 9.59 Å². The van der Waals surface area contributed by atoms with Crippen molar-refractivity contribution < 1.29 is 14.3 Å². The molecule has 2 unspecified atom stereocenters. The highest BCUT2D eigenvalue weighted by Gasteiger charge is 2.42. The van der Waals surface area contributed by atoms with Gasteiger partial charge in [0.1, 0.15) is 11.6 Å². The van der Waals surface area contributed by atoms with Crippen LogP contribution in [0.15, 0.2) is 66.9 Å². The molecule has 2 bridgehead atoms. The molecule has 2 aliphatic rings. The molecular weight excluding hydrogens is 464 g/mol. The van der Waals surface area contributed by atoms with E-state index in [1.165, 1.54) is 0 Å². The number of carbonyl (C=O) groups excluding carboxylic acids is 2. The van der Waals surface area contributed by atoms with Gasteiger partial charge in [0.05, 0.1) is 18.7 Å². The van der Waals surface area contributed by atoms with Crippen molar-refractivity contribution in [1.82, 2.24) is 15.6 Å². The number of benzene rings is 2. The van der Waals surface area contributed by atoms with Crippen LogP contribution in [-0.2, 0) is 0 Å². The summed E-state index contributed by atoms with van der Waals surface area (Å²) in [5.74, 6) is 1.44. The zero-order chi connectivity index (χ0) is 25.9. The topological polar surface area (TPSA) is 83.6 Å². The molecule has 0 saturated carbocycles. The summed E-state index contributed by atoms with van der Waals surface area (Å²) < 4.78 is 5.38. The summed E-state index contributed by atoms with van der Waals surface area (Å²) in [7, 11) is 1.62. The number of hydrogen-bond donors (Lipinski definition) is 2. The maximum Gasteiger partial charge on any atom is 0.253 e. The van der Waals surface area contributed by atoms with E-state index < -0.39 is 0 Å². The van der Waals surface area contributed by atoms with Gasteiger partial charge in [0.15, 0.2) is 0 Å². The van der Waals surface area contributed by atoms with Gasteiger partial charge < -0.3 is 20.3 Å². The van der Waals surface area contributed by atoms with E-state index in [4.69, 9.17) is 4.74 Å². The summed E-state index contributed by atoms with van der Waals surface area (Å²) in [6, 6.07) is 20.0. The van der Waals surface area contributed by atoms with Gasteiger partial charge in [-0.1, -0.05) is 36.4 Å². The summed E-state index contributed by atoms with van der Waals surface area (Å²) in [4.78, 5) is 32.9. The fourth-order valence-corrected chi connectivity index (χ4v) is 5.79. The van der Waals surface area contributed by atoms with Gasteiger partial charge in [0, 0.05) is 35.4 Å². The molecule has 2 fully saturated rings. The summed E-state index contributed by atoms with van der Waals surface area (Å²) in [5.41, 5.74) is 3.13. The Morgan fingerprint density at radius 1 is 0.973 bits per heavy atom. The molecule has 2 amide bonds. The molecular formula is C30H34N4O3. The fraction of sp³-hybridized carbons (Fsp3) is 0.367. The first-order valence-electron chi connectivity index (χ1n) is 13.0. The van der Waals surface area contributed by atoms with Crippen LogP contribution < -0.4 is 20.3 Å². The Labute approximate surface area is 218 Å². The third kappa shape index (κ3) is 5.17.